The number of hydrogen-bond donors (Lipinski definition) is 1. The lowest BCUT2D eigenvalue weighted by atomic mass is 10.2. The summed E-state index contributed by atoms with van der Waals surface area (Å²) in [5.41, 5.74) is 4.22. The molecule has 0 saturated heterocycles. The molecule has 29 heavy (non-hydrogen) atoms. The Morgan fingerprint density at radius 2 is 1.83 bits per heavy atom. The quantitative estimate of drug-likeness (QED) is 0.291. The van der Waals surface area contributed by atoms with Gasteiger partial charge in [0.1, 0.15) is 5.82 Å². The van der Waals surface area contributed by atoms with Crippen LogP contribution in [0.2, 0.25) is 5.02 Å². The highest BCUT2D eigenvalue weighted by Gasteiger charge is 2.14. The summed E-state index contributed by atoms with van der Waals surface area (Å²) in [5.74, 6) is 1.58. The zero-order valence-corrected chi connectivity index (χ0v) is 18.5. The number of halogens is 1. The van der Waals surface area contributed by atoms with Crippen LogP contribution in [0, 0.1) is 11.7 Å². The summed E-state index contributed by atoms with van der Waals surface area (Å²) in [7, 11) is 0. The molecule has 0 bridgehead atoms. The Hall–Kier alpha value is -2.35. The minimum absolute atomic E-state index is 0.645. The SMILES string of the molecule is CCn1c(CSc2nc(-c3ccc(Cl)cc3)cn2-c2ccc(C)cc2)n[nH]c1=S. The smallest absolute Gasteiger partial charge is 0.195 e. The predicted molar refractivity (Wildman–Crippen MR) is 121 cm³/mol. The molecule has 1 N–H and O–H groups in total. The largest absolute Gasteiger partial charge is 0.304 e. The molecule has 0 saturated carbocycles. The van der Waals surface area contributed by atoms with Crippen molar-refractivity contribution in [2.45, 2.75) is 31.3 Å². The van der Waals surface area contributed by atoms with E-state index in [1.54, 1.807) is 11.8 Å². The van der Waals surface area contributed by atoms with Crippen molar-refractivity contribution < 1.29 is 0 Å². The topological polar surface area (TPSA) is 51.4 Å². The average molecular weight is 442 g/mol. The van der Waals surface area contributed by atoms with Crippen molar-refractivity contribution in [2.75, 3.05) is 0 Å². The first-order chi connectivity index (χ1) is 14.0. The van der Waals surface area contributed by atoms with Gasteiger partial charge in [0.05, 0.1) is 11.4 Å². The second-order valence-corrected chi connectivity index (χ2v) is 8.36. The molecule has 0 spiro atoms. The van der Waals surface area contributed by atoms with Crippen molar-refractivity contribution in [3.63, 3.8) is 0 Å². The van der Waals surface area contributed by atoms with Crippen molar-refractivity contribution in [1.82, 2.24) is 24.3 Å². The first-order valence-electron chi connectivity index (χ1n) is 9.24. The van der Waals surface area contributed by atoms with Crippen LogP contribution in [0.1, 0.15) is 18.3 Å². The maximum absolute atomic E-state index is 6.04. The minimum Gasteiger partial charge on any atom is -0.304 e. The third kappa shape index (κ3) is 4.32. The van der Waals surface area contributed by atoms with Crippen molar-refractivity contribution in [1.29, 1.82) is 0 Å². The Labute approximate surface area is 183 Å². The number of H-pyrrole nitrogens is 1. The number of nitrogens with zero attached hydrogens (tertiary/aromatic N) is 4. The molecule has 0 radical (unpaired) electrons. The van der Waals surface area contributed by atoms with Gasteiger partial charge in [0, 0.05) is 29.0 Å². The van der Waals surface area contributed by atoms with E-state index < -0.39 is 0 Å². The molecule has 2 aromatic heterocycles. The van der Waals surface area contributed by atoms with E-state index in [-0.39, 0.29) is 0 Å². The molecule has 0 atom stereocenters. The third-order valence-corrected chi connectivity index (χ3v) is 6.12. The molecule has 0 fully saturated rings. The molecule has 5 nitrogen and oxygen atoms in total. The van der Waals surface area contributed by atoms with E-state index >= 15 is 0 Å². The molecule has 0 unspecified atom stereocenters. The van der Waals surface area contributed by atoms with Gasteiger partial charge < -0.3 is 4.57 Å². The van der Waals surface area contributed by atoms with Crippen LogP contribution < -0.4 is 0 Å². The molecule has 0 aliphatic carbocycles. The Kier molecular flexibility index (Phi) is 5.89. The van der Waals surface area contributed by atoms with Crippen LogP contribution in [-0.2, 0) is 12.3 Å². The number of rotatable bonds is 6. The van der Waals surface area contributed by atoms with E-state index in [1.807, 2.05) is 28.8 Å². The standard InChI is InChI=1S/C21H20ClN5S2/c1-3-26-19(24-25-20(26)28)13-29-21-23-18(15-6-8-16(22)9-7-15)12-27(21)17-10-4-14(2)5-11-17/h4-12H,3,13H2,1-2H3,(H,25,28). The fourth-order valence-corrected chi connectivity index (χ4v) is 4.38. The molecule has 2 aromatic carbocycles. The molecule has 8 heteroatoms. The number of imidazole rings is 1. The molecule has 0 aliphatic rings. The summed E-state index contributed by atoms with van der Waals surface area (Å²) in [6, 6.07) is 16.2. The second kappa shape index (κ2) is 8.57. The fourth-order valence-electron chi connectivity index (χ4n) is 3.03. The van der Waals surface area contributed by atoms with Gasteiger partial charge >= 0.3 is 0 Å². The molecule has 148 valence electrons. The van der Waals surface area contributed by atoms with Gasteiger partial charge in [0.2, 0.25) is 0 Å². The minimum atomic E-state index is 0.645. The predicted octanol–water partition coefficient (Wildman–Crippen LogP) is 6.07. The van der Waals surface area contributed by atoms with E-state index in [2.05, 4.69) is 59.1 Å². The van der Waals surface area contributed by atoms with Gasteiger partial charge in [-0.1, -0.05) is 53.2 Å². The number of aromatic amines is 1. The Balaban J connectivity index is 1.71. The molecule has 0 aliphatic heterocycles. The summed E-state index contributed by atoms with van der Waals surface area (Å²) in [5, 5.41) is 8.85. The first-order valence-corrected chi connectivity index (χ1v) is 11.0. The summed E-state index contributed by atoms with van der Waals surface area (Å²) in [4.78, 5) is 4.90. The van der Waals surface area contributed by atoms with Gasteiger partial charge in [0.25, 0.3) is 0 Å². The van der Waals surface area contributed by atoms with Gasteiger partial charge in [-0.2, -0.15) is 5.10 Å². The summed E-state index contributed by atoms with van der Waals surface area (Å²) in [6.07, 6.45) is 2.06. The number of thioether (sulfide) groups is 1. The van der Waals surface area contributed by atoms with Crippen molar-refractivity contribution >= 4 is 35.6 Å². The fraction of sp³-hybridized carbons (Fsp3) is 0.190. The molecular formula is C21H20ClN5S2. The zero-order chi connectivity index (χ0) is 20.4. The van der Waals surface area contributed by atoms with Crippen LogP contribution in [0.5, 0.6) is 0 Å². The summed E-state index contributed by atoms with van der Waals surface area (Å²) < 4.78 is 4.76. The third-order valence-electron chi connectivity index (χ3n) is 4.61. The Bertz CT molecular complexity index is 1170. The monoisotopic (exact) mass is 441 g/mol. The molecule has 4 aromatic rings. The summed E-state index contributed by atoms with van der Waals surface area (Å²) in [6.45, 7) is 4.93. The van der Waals surface area contributed by atoms with Crippen LogP contribution in [0.25, 0.3) is 16.9 Å². The number of benzene rings is 2. The maximum Gasteiger partial charge on any atom is 0.195 e. The van der Waals surface area contributed by atoms with Crippen LogP contribution in [0.15, 0.2) is 59.9 Å². The molecule has 2 heterocycles. The molecule has 4 rings (SSSR count). The van der Waals surface area contributed by atoms with E-state index in [9.17, 15) is 0 Å². The van der Waals surface area contributed by atoms with Gasteiger partial charge in [-0.05, 0) is 50.3 Å². The second-order valence-electron chi connectivity index (χ2n) is 6.60. The first kappa shape index (κ1) is 19.9. The van der Waals surface area contributed by atoms with Crippen molar-refractivity contribution in [3.05, 3.63) is 75.9 Å². The lowest BCUT2D eigenvalue weighted by Gasteiger charge is -2.08. The van der Waals surface area contributed by atoms with Gasteiger partial charge in [0.15, 0.2) is 9.93 Å². The number of aromatic nitrogens is 5. The van der Waals surface area contributed by atoms with Crippen LogP contribution >= 0.6 is 35.6 Å². The van der Waals surface area contributed by atoms with Crippen LogP contribution in [-0.4, -0.2) is 24.3 Å². The van der Waals surface area contributed by atoms with E-state index in [1.165, 1.54) is 5.56 Å². The number of hydrogen-bond acceptors (Lipinski definition) is 4. The lowest BCUT2D eigenvalue weighted by molar-refractivity contribution is 0.715. The average Bonchev–Trinajstić information content (AvgIpc) is 3.30. The Morgan fingerprint density at radius 3 is 2.52 bits per heavy atom. The normalized spacial score (nSPS) is 11.1. The van der Waals surface area contributed by atoms with Crippen LogP contribution in [0.3, 0.4) is 0 Å². The molecular weight excluding hydrogens is 422 g/mol. The highest BCUT2D eigenvalue weighted by molar-refractivity contribution is 7.98. The van der Waals surface area contributed by atoms with E-state index in [4.69, 9.17) is 28.8 Å². The Morgan fingerprint density at radius 1 is 1.10 bits per heavy atom. The van der Waals surface area contributed by atoms with Gasteiger partial charge in [-0.3, -0.25) is 9.67 Å². The van der Waals surface area contributed by atoms with Crippen molar-refractivity contribution in [2.24, 2.45) is 0 Å². The molecule has 0 amide bonds. The lowest BCUT2D eigenvalue weighted by Crippen LogP contribution is -2.01. The van der Waals surface area contributed by atoms with Gasteiger partial charge in [-0.25, -0.2) is 4.98 Å². The summed E-state index contributed by atoms with van der Waals surface area (Å²) >= 11 is 13.0. The highest BCUT2D eigenvalue weighted by Crippen LogP contribution is 2.29. The van der Waals surface area contributed by atoms with Crippen LogP contribution in [0.4, 0.5) is 0 Å². The number of aryl methyl sites for hydroxylation is 1. The highest BCUT2D eigenvalue weighted by atomic mass is 35.5. The van der Waals surface area contributed by atoms with Gasteiger partial charge in [-0.15, -0.1) is 0 Å². The number of nitrogens with one attached hydrogen (secondary N) is 1. The zero-order valence-electron chi connectivity index (χ0n) is 16.1. The maximum atomic E-state index is 6.04. The van der Waals surface area contributed by atoms with E-state index in [0.29, 0.717) is 15.5 Å². The van der Waals surface area contributed by atoms with E-state index in [0.717, 1.165) is 34.5 Å². The van der Waals surface area contributed by atoms with Crippen molar-refractivity contribution in [3.8, 4) is 16.9 Å².